The van der Waals surface area contributed by atoms with E-state index in [1.165, 1.54) is 0 Å². The van der Waals surface area contributed by atoms with Gasteiger partial charge in [-0.05, 0) is 28.3 Å². The predicted molar refractivity (Wildman–Crippen MR) is 99.3 cm³/mol. The molecule has 1 aliphatic carbocycles. The number of hydrogen-bond acceptors (Lipinski definition) is 1. The largest absolute Gasteiger partial charge is 0.289 e. The lowest BCUT2D eigenvalue weighted by Gasteiger charge is -2.19. The molecule has 3 aromatic carbocycles. The Morgan fingerprint density at radius 2 is 1.12 bits per heavy atom. The SMILES string of the molecule is O=C1C=Cc2ccccc2C1=C(c1ccccc1)c1ccccc1. The van der Waals surface area contributed by atoms with E-state index in [1.807, 2.05) is 66.7 Å². The lowest BCUT2D eigenvalue weighted by atomic mass is 9.83. The molecule has 0 atom stereocenters. The van der Waals surface area contributed by atoms with Crippen LogP contribution in [0.5, 0.6) is 0 Å². The summed E-state index contributed by atoms with van der Waals surface area (Å²) in [6, 6.07) is 28.3. The van der Waals surface area contributed by atoms with Crippen LogP contribution in [-0.2, 0) is 4.79 Å². The lowest BCUT2D eigenvalue weighted by molar-refractivity contribution is -0.109. The number of ketones is 1. The van der Waals surface area contributed by atoms with Crippen LogP contribution in [0, 0.1) is 0 Å². The molecule has 0 fully saturated rings. The van der Waals surface area contributed by atoms with Gasteiger partial charge in [-0.25, -0.2) is 0 Å². The molecule has 0 heterocycles. The maximum Gasteiger partial charge on any atom is 0.187 e. The van der Waals surface area contributed by atoms with Crippen LogP contribution in [0.2, 0.25) is 0 Å². The van der Waals surface area contributed by atoms with Crippen molar-refractivity contribution in [3.8, 4) is 0 Å². The van der Waals surface area contributed by atoms with E-state index in [9.17, 15) is 4.79 Å². The Hall–Kier alpha value is -3.19. The molecule has 0 spiro atoms. The van der Waals surface area contributed by atoms with Gasteiger partial charge in [0.25, 0.3) is 0 Å². The van der Waals surface area contributed by atoms with Crippen molar-refractivity contribution in [3.63, 3.8) is 0 Å². The zero-order valence-corrected chi connectivity index (χ0v) is 13.1. The third-order valence-corrected chi connectivity index (χ3v) is 4.27. The van der Waals surface area contributed by atoms with Gasteiger partial charge in [-0.2, -0.15) is 0 Å². The van der Waals surface area contributed by atoms with Gasteiger partial charge in [0.2, 0.25) is 0 Å². The fraction of sp³-hybridized carbons (Fsp3) is 0. The number of hydrogen-bond donors (Lipinski definition) is 0. The highest BCUT2D eigenvalue weighted by molar-refractivity contribution is 6.36. The predicted octanol–water partition coefficient (Wildman–Crippen LogP) is 5.24. The Bertz CT molecular complexity index is 906. The Morgan fingerprint density at radius 1 is 0.583 bits per heavy atom. The molecule has 1 nitrogen and oxygen atoms in total. The summed E-state index contributed by atoms with van der Waals surface area (Å²) in [5, 5.41) is 0. The van der Waals surface area contributed by atoms with Gasteiger partial charge in [0.1, 0.15) is 0 Å². The number of carbonyl (C=O) groups excluding carboxylic acids is 1. The van der Waals surface area contributed by atoms with Gasteiger partial charge in [-0.15, -0.1) is 0 Å². The summed E-state index contributed by atoms with van der Waals surface area (Å²) >= 11 is 0. The summed E-state index contributed by atoms with van der Waals surface area (Å²) in [6.45, 7) is 0. The van der Waals surface area contributed by atoms with Crippen molar-refractivity contribution >= 4 is 23.0 Å². The normalized spacial score (nSPS) is 12.8. The molecule has 1 aliphatic rings. The molecular formula is C23H16O. The monoisotopic (exact) mass is 308 g/mol. The molecule has 0 saturated heterocycles. The van der Waals surface area contributed by atoms with Gasteiger partial charge in [-0.3, -0.25) is 4.79 Å². The highest BCUT2D eigenvalue weighted by atomic mass is 16.1. The minimum Gasteiger partial charge on any atom is -0.289 e. The Labute approximate surface area is 141 Å². The van der Waals surface area contributed by atoms with Gasteiger partial charge in [0.05, 0.1) is 0 Å². The van der Waals surface area contributed by atoms with Crippen molar-refractivity contribution in [3.05, 3.63) is 113 Å². The molecule has 0 unspecified atom stereocenters. The maximum atomic E-state index is 12.8. The van der Waals surface area contributed by atoms with Crippen molar-refractivity contribution in [2.45, 2.75) is 0 Å². The van der Waals surface area contributed by atoms with E-state index in [-0.39, 0.29) is 5.78 Å². The molecule has 114 valence electrons. The number of benzene rings is 3. The topological polar surface area (TPSA) is 17.1 Å². The molecule has 0 saturated carbocycles. The average Bonchev–Trinajstić information content (AvgIpc) is 2.66. The highest BCUT2D eigenvalue weighted by Crippen LogP contribution is 2.36. The molecular weight excluding hydrogens is 292 g/mol. The average molecular weight is 308 g/mol. The van der Waals surface area contributed by atoms with Crippen LogP contribution in [0.4, 0.5) is 0 Å². The Balaban J connectivity index is 2.08. The fourth-order valence-electron chi connectivity index (χ4n) is 3.17. The van der Waals surface area contributed by atoms with Crippen LogP contribution in [0.3, 0.4) is 0 Å². The minimum absolute atomic E-state index is 0.0522. The van der Waals surface area contributed by atoms with Crippen LogP contribution in [0.15, 0.2) is 91.0 Å². The highest BCUT2D eigenvalue weighted by Gasteiger charge is 2.22. The van der Waals surface area contributed by atoms with Crippen molar-refractivity contribution in [2.24, 2.45) is 0 Å². The minimum atomic E-state index is 0.0522. The van der Waals surface area contributed by atoms with Crippen LogP contribution in [-0.4, -0.2) is 5.78 Å². The summed E-state index contributed by atoms with van der Waals surface area (Å²) < 4.78 is 0. The quantitative estimate of drug-likeness (QED) is 0.592. The summed E-state index contributed by atoms with van der Waals surface area (Å²) in [7, 11) is 0. The van der Waals surface area contributed by atoms with Crippen molar-refractivity contribution in [1.29, 1.82) is 0 Å². The van der Waals surface area contributed by atoms with E-state index in [0.717, 1.165) is 33.4 Å². The smallest absolute Gasteiger partial charge is 0.187 e. The van der Waals surface area contributed by atoms with E-state index in [2.05, 4.69) is 24.3 Å². The molecule has 0 aromatic heterocycles. The zero-order chi connectivity index (χ0) is 16.4. The molecule has 0 amide bonds. The van der Waals surface area contributed by atoms with Gasteiger partial charge in [0.15, 0.2) is 5.78 Å². The second kappa shape index (κ2) is 6.13. The van der Waals surface area contributed by atoms with Gasteiger partial charge in [0, 0.05) is 11.1 Å². The van der Waals surface area contributed by atoms with Crippen molar-refractivity contribution in [2.75, 3.05) is 0 Å². The fourth-order valence-corrected chi connectivity index (χ4v) is 3.17. The van der Waals surface area contributed by atoms with Crippen molar-refractivity contribution in [1.82, 2.24) is 0 Å². The molecule has 0 N–H and O–H groups in total. The Morgan fingerprint density at radius 3 is 1.75 bits per heavy atom. The van der Waals surface area contributed by atoms with E-state index < -0.39 is 0 Å². The van der Waals surface area contributed by atoms with Crippen LogP contribution in [0.25, 0.3) is 17.2 Å². The zero-order valence-electron chi connectivity index (χ0n) is 13.1. The first-order chi connectivity index (χ1) is 11.8. The first-order valence-electron chi connectivity index (χ1n) is 8.01. The molecule has 4 rings (SSSR count). The van der Waals surface area contributed by atoms with E-state index in [0.29, 0.717) is 0 Å². The second-order valence-corrected chi connectivity index (χ2v) is 5.77. The third kappa shape index (κ3) is 2.50. The summed E-state index contributed by atoms with van der Waals surface area (Å²) in [4.78, 5) is 12.8. The molecule has 3 aromatic rings. The first kappa shape index (κ1) is 14.4. The van der Waals surface area contributed by atoms with Crippen LogP contribution < -0.4 is 0 Å². The third-order valence-electron chi connectivity index (χ3n) is 4.27. The summed E-state index contributed by atoms with van der Waals surface area (Å²) in [6.07, 6.45) is 3.57. The molecule has 0 aliphatic heterocycles. The Kier molecular flexibility index (Phi) is 3.68. The number of carbonyl (C=O) groups is 1. The lowest BCUT2D eigenvalue weighted by Crippen LogP contribution is -2.08. The van der Waals surface area contributed by atoms with Crippen molar-refractivity contribution < 1.29 is 4.79 Å². The van der Waals surface area contributed by atoms with E-state index >= 15 is 0 Å². The number of rotatable bonds is 2. The van der Waals surface area contributed by atoms with E-state index in [4.69, 9.17) is 0 Å². The van der Waals surface area contributed by atoms with Gasteiger partial charge < -0.3 is 0 Å². The molecule has 24 heavy (non-hydrogen) atoms. The molecule has 0 radical (unpaired) electrons. The molecule has 0 bridgehead atoms. The number of allylic oxidation sites excluding steroid dienone is 2. The first-order valence-corrected chi connectivity index (χ1v) is 8.01. The molecule has 1 heteroatoms. The van der Waals surface area contributed by atoms with Crippen LogP contribution >= 0.6 is 0 Å². The van der Waals surface area contributed by atoms with Gasteiger partial charge in [-0.1, -0.05) is 91.0 Å². The van der Waals surface area contributed by atoms with Crippen LogP contribution in [0.1, 0.15) is 22.3 Å². The summed E-state index contributed by atoms with van der Waals surface area (Å²) in [5.74, 6) is 0.0522. The maximum absolute atomic E-state index is 12.8. The van der Waals surface area contributed by atoms with E-state index in [1.54, 1.807) is 6.08 Å². The summed E-state index contributed by atoms with van der Waals surface area (Å²) in [5.41, 5.74) is 5.93. The standard InChI is InChI=1S/C23H16O/c24-21-16-15-17-9-7-8-14-20(17)23(21)22(18-10-3-1-4-11-18)19-12-5-2-6-13-19/h1-16H. The second-order valence-electron chi connectivity index (χ2n) is 5.77. The van der Waals surface area contributed by atoms with Gasteiger partial charge >= 0.3 is 0 Å². The number of fused-ring (bicyclic) bond motifs is 1.